The van der Waals surface area contributed by atoms with Gasteiger partial charge in [-0.3, -0.25) is 0 Å². The largest absolute Gasteiger partial charge is 0.314 e. The van der Waals surface area contributed by atoms with Crippen molar-refractivity contribution < 1.29 is 4.57 Å². The molecule has 0 radical (unpaired) electrons. The van der Waals surface area contributed by atoms with Crippen LogP contribution in [0.1, 0.15) is 0 Å². The molecule has 1 unspecified atom stereocenters. The molecule has 0 saturated heterocycles. The van der Waals surface area contributed by atoms with Gasteiger partial charge < -0.3 is 4.57 Å². The average Bonchev–Trinajstić information content (AvgIpc) is 3.41. The van der Waals surface area contributed by atoms with Crippen molar-refractivity contribution in [1.82, 2.24) is 9.97 Å². The minimum Gasteiger partial charge on any atom is -0.314 e. The van der Waals surface area contributed by atoms with Gasteiger partial charge in [0.05, 0.1) is 11.4 Å². The molecular weight excluding hydrogens is 615 g/mol. The fourth-order valence-electron chi connectivity index (χ4n) is 7.31. The van der Waals surface area contributed by atoms with Crippen LogP contribution in [-0.4, -0.2) is 16.6 Å². The van der Waals surface area contributed by atoms with Gasteiger partial charge >= 0.3 is 0 Å². The Morgan fingerprint density at radius 1 is 0.408 bits per heavy atom. The second kappa shape index (κ2) is 11.7. The van der Waals surface area contributed by atoms with Crippen LogP contribution in [-0.2, 0) is 4.57 Å². The summed E-state index contributed by atoms with van der Waals surface area (Å²) in [6.07, 6.45) is 0. The van der Waals surface area contributed by atoms with Gasteiger partial charge in [-0.05, 0) is 56.9 Å². The first-order chi connectivity index (χ1) is 24.1. The number of hydrogen-bond donors (Lipinski definition) is 0. The molecular formula is C45H31N2OP. The third-order valence-electron chi connectivity index (χ3n) is 9.65. The summed E-state index contributed by atoms with van der Waals surface area (Å²) in [6, 6.07) is 58.6. The van der Waals surface area contributed by atoms with Crippen LogP contribution in [0.15, 0.2) is 170 Å². The predicted octanol–water partition coefficient (Wildman–Crippen LogP) is 10.9. The van der Waals surface area contributed by atoms with Crippen LogP contribution in [0.4, 0.5) is 0 Å². The van der Waals surface area contributed by atoms with E-state index in [1.165, 1.54) is 0 Å². The van der Waals surface area contributed by atoms with Crippen LogP contribution < -0.4 is 10.6 Å². The summed E-state index contributed by atoms with van der Waals surface area (Å²) in [7, 11) is -2.77. The van der Waals surface area contributed by atoms with E-state index in [0.717, 1.165) is 82.8 Å². The zero-order valence-corrected chi connectivity index (χ0v) is 27.8. The van der Waals surface area contributed by atoms with E-state index in [-0.39, 0.29) is 0 Å². The highest BCUT2D eigenvalue weighted by Crippen LogP contribution is 2.53. The summed E-state index contributed by atoms with van der Waals surface area (Å²) >= 11 is 0. The Kier molecular flexibility index (Phi) is 6.97. The second-order valence-corrected chi connectivity index (χ2v) is 15.4. The van der Waals surface area contributed by atoms with E-state index >= 15 is 0 Å². The van der Waals surface area contributed by atoms with E-state index in [2.05, 4.69) is 103 Å². The monoisotopic (exact) mass is 646 g/mol. The molecule has 0 saturated carbocycles. The van der Waals surface area contributed by atoms with Crippen LogP contribution >= 0.6 is 7.14 Å². The molecule has 0 N–H and O–H groups in total. The molecule has 2 heterocycles. The Morgan fingerprint density at radius 3 is 1.59 bits per heavy atom. The number of aromatic nitrogens is 2. The van der Waals surface area contributed by atoms with E-state index in [4.69, 9.17) is 9.97 Å². The van der Waals surface area contributed by atoms with Gasteiger partial charge in [-0.15, -0.1) is 0 Å². The van der Waals surface area contributed by atoms with Crippen molar-refractivity contribution in [2.45, 2.75) is 0 Å². The number of fused-ring (bicyclic) bond motifs is 4. The Hall–Kier alpha value is -5.89. The van der Waals surface area contributed by atoms with Crippen molar-refractivity contribution in [2.75, 3.05) is 6.66 Å². The van der Waals surface area contributed by atoms with E-state index in [1.807, 2.05) is 73.4 Å². The van der Waals surface area contributed by atoms with Crippen LogP contribution in [0.5, 0.6) is 0 Å². The zero-order chi connectivity index (χ0) is 33.0. The highest BCUT2D eigenvalue weighted by Gasteiger charge is 2.36. The van der Waals surface area contributed by atoms with Gasteiger partial charge in [-0.1, -0.05) is 164 Å². The van der Waals surface area contributed by atoms with Crippen molar-refractivity contribution >= 4 is 28.5 Å². The second-order valence-electron chi connectivity index (χ2n) is 12.6. The van der Waals surface area contributed by atoms with Crippen LogP contribution in [0.25, 0.3) is 78.1 Å². The minimum atomic E-state index is -2.77. The standard InChI is InChI=1S/C45H31N2OP/c1-49(48)43-22-11-10-19-38(43)40-21-12-20-39(44(40)49)37-28-27-34(35-17-8-9-18-36(35)37)30-23-25-32(26-24-30)42-29-41(31-13-4-2-5-14-31)46-45(47-42)33-15-6-3-7-16-33/h2-29H,1H3. The van der Waals surface area contributed by atoms with E-state index in [1.54, 1.807) is 0 Å². The Balaban J connectivity index is 1.14. The van der Waals surface area contributed by atoms with Crippen LogP contribution in [0.3, 0.4) is 0 Å². The number of hydrogen-bond acceptors (Lipinski definition) is 3. The molecule has 0 amide bonds. The van der Waals surface area contributed by atoms with Gasteiger partial charge in [0.2, 0.25) is 0 Å². The SMILES string of the molecule is CP1(=O)c2ccccc2-c2cccc(-c3ccc(-c4ccc(-c5cc(-c6ccccc6)nc(-c6ccccc6)n5)cc4)c4ccccc34)c21. The fourth-order valence-corrected chi connectivity index (χ4v) is 9.88. The lowest BCUT2D eigenvalue weighted by Crippen LogP contribution is -2.11. The third-order valence-corrected chi connectivity index (χ3v) is 12.3. The van der Waals surface area contributed by atoms with Crippen LogP contribution in [0.2, 0.25) is 0 Å². The topological polar surface area (TPSA) is 42.9 Å². The van der Waals surface area contributed by atoms with Crippen molar-refractivity contribution in [3.8, 4) is 67.3 Å². The summed E-state index contributed by atoms with van der Waals surface area (Å²) < 4.78 is 14.4. The van der Waals surface area contributed by atoms with Crippen molar-refractivity contribution in [2.24, 2.45) is 0 Å². The highest BCUT2D eigenvalue weighted by molar-refractivity contribution is 7.79. The number of nitrogens with zero attached hydrogens (tertiary/aromatic N) is 2. The lowest BCUT2D eigenvalue weighted by atomic mass is 9.90. The lowest BCUT2D eigenvalue weighted by Gasteiger charge is -2.17. The highest BCUT2D eigenvalue weighted by atomic mass is 31.2. The van der Waals surface area contributed by atoms with Gasteiger partial charge in [0.15, 0.2) is 5.82 Å². The summed E-state index contributed by atoms with van der Waals surface area (Å²) in [5.74, 6) is 0.703. The molecule has 0 aliphatic carbocycles. The van der Waals surface area contributed by atoms with Crippen molar-refractivity contribution in [3.05, 3.63) is 170 Å². The maximum Gasteiger partial charge on any atom is 0.160 e. The first-order valence-corrected chi connectivity index (χ1v) is 18.7. The maximum absolute atomic E-state index is 14.4. The van der Waals surface area contributed by atoms with Crippen molar-refractivity contribution in [1.29, 1.82) is 0 Å². The molecule has 4 heteroatoms. The molecule has 0 bridgehead atoms. The molecule has 49 heavy (non-hydrogen) atoms. The number of rotatable bonds is 5. The fraction of sp³-hybridized carbons (Fsp3) is 0.0222. The van der Waals surface area contributed by atoms with Gasteiger partial charge in [-0.2, -0.15) is 0 Å². The predicted molar refractivity (Wildman–Crippen MR) is 205 cm³/mol. The normalized spacial score (nSPS) is 14.8. The molecule has 1 aliphatic rings. The summed E-state index contributed by atoms with van der Waals surface area (Å²) in [5, 5.41) is 4.22. The lowest BCUT2D eigenvalue weighted by molar-refractivity contribution is 0.591. The smallest absolute Gasteiger partial charge is 0.160 e. The van der Waals surface area contributed by atoms with Crippen LogP contribution in [0, 0.1) is 0 Å². The summed E-state index contributed by atoms with van der Waals surface area (Å²) in [5.41, 5.74) is 11.4. The Morgan fingerprint density at radius 2 is 0.898 bits per heavy atom. The summed E-state index contributed by atoms with van der Waals surface area (Å²) in [6.45, 7) is 1.92. The quantitative estimate of drug-likeness (QED) is 0.175. The van der Waals surface area contributed by atoms with Gasteiger partial charge in [0.1, 0.15) is 7.14 Å². The average molecular weight is 647 g/mol. The molecule has 3 nitrogen and oxygen atoms in total. The van der Waals surface area contributed by atoms with Gasteiger partial charge in [0, 0.05) is 27.3 Å². The maximum atomic E-state index is 14.4. The molecule has 1 aromatic heterocycles. The molecule has 0 spiro atoms. The summed E-state index contributed by atoms with van der Waals surface area (Å²) in [4.78, 5) is 9.96. The molecule has 7 aromatic carbocycles. The van der Waals surface area contributed by atoms with E-state index in [0.29, 0.717) is 5.82 Å². The molecule has 8 aromatic rings. The Bertz CT molecular complexity index is 2520. The first-order valence-electron chi connectivity index (χ1n) is 16.5. The molecule has 1 aliphatic heterocycles. The molecule has 232 valence electrons. The first kappa shape index (κ1) is 29.3. The molecule has 9 rings (SSSR count). The third kappa shape index (κ3) is 4.94. The van der Waals surface area contributed by atoms with Gasteiger partial charge in [0.25, 0.3) is 0 Å². The minimum absolute atomic E-state index is 0.703. The Labute approximate surface area is 286 Å². The van der Waals surface area contributed by atoms with Crippen molar-refractivity contribution in [3.63, 3.8) is 0 Å². The zero-order valence-electron chi connectivity index (χ0n) is 26.9. The van der Waals surface area contributed by atoms with E-state index in [9.17, 15) is 4.57 Å². The van der Waals surface area contributed by atoms with E-state index < -0.39 is 7.14 Å². The van der Waals surface area contributed by atoms with Gasteiger partial charge in [-0.25, -0.2) is 9.97 Å². The molecule has 0 fully saturated rings. The molecule has 1 atom stereocenters. The number of benzene rings is 7.